The van der Waals surface area contributed by atoms with Gasteiger partial charge in [-0.1, -0.05) is 35.0 Å². The van der Waals surface area contributed by atoms with Gasteiger partial charge in [0, 0.05) is 18.1 Å². The first-order chi connectivity index (χ1) is 10.3. The molecule has 0 radical (unpaired) electrons. The van der Waals surface area contributed by atoms with Crippen LogP contribution in [0.15, 0.2) is 28.7 Å². The Bertz CT molecular complexity index is 359. The lowest BCUT2D eigenvalue weighted by Gasteiger charge is -2.19. The van der Waals surface area contributed by atoms with E-state index in [1.165, 1.54) is 5.56 Å². The molecule has 0 aromatic heterocycles. The second kappa shape index (κ2) is 12.1. The van der Waals surface area contributed by atoms with Gasteiger partial charge in [0.05, 0.1) is 32.5 Å². The van der Waals surface area contributed by atoms with E-state index in [0.717, 1.165) is 24.0 Å². The zero-order valence-corrected chi connectivity index (χ0v) is 14.5. The van der Waals surface area contributed by atoms with Gasteiger partial charge < -0.3 is 19.5 Å². The first-order valence-electron chi connectivity index (χ1n) is 7.42. The van der Waals surface area contributed by atoms with Crippen LogP contribution in [0.1, 0.15) is 25.0 Å². The molecule has 0 bridgehead atoms. The molecular weight excluding hydrogens is 334 g/mol. The Kier molecular flexibility index (Phi) is 10.7. The number of benzene rings is 1. The second-order valence-corrected chi connectivity index (χ2v) is 5.64. The van der Waals surface area contributed by atoms with Gasteiger partial charge in [-0.15, -0.1) is 0 Å². The normalized spacial score (nSPS) is 12.5. The highest BCUT2D eigenvalue weighted by Crippen LogP contribution is 2.19. The monoisotopic (exact) mass is 359 g/mol. The van der Waals surface area contributed by atoms with Gasteiger partial charge in [0.1, 0.15) is 0 Å². The van der Waals surface area contributed by atoms with E-state index in [-0.39, 0.29) is 6.10 Å². The van der Waals surface area contributed by atoms with Gasteiger partial charge in [-0.3, -0.25) is 0 Å². The van der Waals surface area contributed by atoms with Crippen LogP contribution in [0.2, 0.25) is 0 Å². The van der Waals surface area contributed by atoms with Crippen molar-refractivity contribution in [1.82, 2.24) is 5.32 Å². The minimum absolute atomic E-state index is 0.0516. The van der Waals surface area contributed by atoms with Crippen molar-refractivity contribution in [3.8, 4) is 0 Å². The van der Waals surface area contributed by atoms with Crippen molar-refractivity contribution in [3.05, 3.63) is 34.3 Å². The fourth-order valence-corrected chi connectivity index (χ4v) is 2.12. The number of hydrogen-bond acceptors (Lipinski definition) is 4. The lowest BCUT2D eigenvalue weighted by Crippen LogP contribution is -2.25. The molecule has 0 fully saturated rings. The zero-order chi connectivity index (χ0) is 15.3. The molecular formula is C16H26BrNO3. The van der Waals surface area contributed by atoms with Gasteiger partial charge >= 0.3 is 0 Å². The smallest absolute Gasteiger partial charge is 0.0950 e. The Balaban J connectivity index is 2.39. The molecule has 0 aliphatic carbocycles. The number of methoxy groups -OCH3 is 1. The number of halogens is 1. The predicted octanol–water partition coefficient (Wildman–Crippen LogP) is 3.17. The van der Waals surface area contributed by atoms with Gasteiger partial charge in [0.25, 0.3) is 0 Å². The Labute approximate surface area is 136 Å². The highest BCUT2D eigenvalue weighted by atomic mass is 79.9. The molecule has 0 heterocycles. The topological polar surface area (TPSA) is 39.7 Å². The van der Waals surface area contributed by atoms with Crippen LogP contribution in [-0.2, 0) is 14.2 Å². The molecule has 1 rings (SSSR count). The molecule has 1 atom stereocenters. The third kappa shape index (κ3) is 8.53. The summed E-state index contributed by atoms with van der Waals surface area (Å²) in [6.07, 6.45) is 1.17. The van der Waals surface area contributed by atoms with Crippen molar-refractivity contribution in [2.75, 3.05) is 46.6 Å². The molecule has 120 valence electrons. The Morgan fingerprint density at radius 1 is 1.10 bits per heavy atom. The zero-order valence-electron chi connectivity index (χ0n) is 12.9. The van der Waals surface area contributed by atoms with Gasteiger partial charge in [-0.2, -0.15) is 0 Å². The van der Waals surface area contributed by atoms with E-state index in [0.29, 0.717) is 26.4 Å². The predicted molar refractivity (Wildman–Crippen MR) is 88.7 cm³/mol. The molecule has 1 aromatic rings. The summed E-state index contributed by atoms with van der Waals surface area (Å²) in [4.78, 5) is 0. The number of rotatable bonds is 12. The average Bonchev–Trinajstić information content (AvgIpc) is 2.50. The van der Waals surface area contributed by atoms with E-state index < -0.39 is 0 Å². The summed E-state index contributed by atoms with van der Waals surface area (Å²) in [5.74, 6) is 0. The van der Waals surface area contributed by atoms with Crippen LogP contribution in [-0.4, -0.2) is 46.6 Å². The van der Waals surface area contributed by atoms with Crippen LogP contribution in [0.25, 0.3) is 0 Å². The van der Waals surface area contributed by atoms with Crippen molar-refractivity contribution in [2.24, 2.45) is 0 Å². The maximum absolute atomic E-state index is 5.95. The van der Waals surface area contributed by atoms with E-state index in [1.54, 1.807) is 7.11 Å². The van der Waals surface area contributed by atoms with E-state index in [4.69, 9.17) is 14.2 Å². The molecule has 0 aliphatic rings. The number of nitrogens with one attached hydrogen (secondary N) is 1. The molecule has 0 aliphatic heterocycles. The third-order valence-electron chi connectivity index (χ3n) is 2.98. The van der Waals surface area contributed by atoms with E-state index in [9.17, 15) is 0 Å². The Hall–Kier alpha value is -0.460. The largest absolute Gasteiger partial charge is 0.382 e. The molecule has 5 heteroatoms. The molecule has 4 nitrogen and oxygen atoms in total. The van der Waals surface area contributed by atoms with Gasteiger partial charge in [0.15, 0.2) is 0 Å². The summed E-state index contributed by atoms with van der Waals surface area (Å²) in [5, 5.41) is 3.41. The van der Waals surface area contributed by atoms with Crippen LogP contribution in [0.4, 0.5) is 0 Å². The first-order valence-corrected chi connectivity index (χ1v) is 8.21. The minimum atomic E-state index is 0.0516. The Morgan fingerprint density at radius 3 is 2.48 bits per heavy atom. The average molecular weight is 360 g/mol. The van der Waals surface area contributed by atoms with Crippen molar-refractivity contribution < 1.29 is 14.2 Å². The quantitative estimate of drug-likeness (QED) is 0.582. The van der Waals surface area contributed by atoms with Gasteiger partial charge in [0.2, 0.25) is 0 Å². The second-order valence-electron chi connectivity index (χ2n) is 4.72. The van der Waals surface area contributed by atoms with Crippen molar-refractivity contribution in [1.29, 1.82) is 0 Å². The molecule has 1 unspecified atom stereocenters. The summed E-state index contributed by atoms with van der Waals surface area (Å²) in [6, 6.07) is 8.27. The number of hydrogen-bond donors (Lipinski definition) is 1. The Morgan fingerprint density at radius 2 is 1.81 bits per heavy atom. The molecule has 21 heavy (non-hydrogen) atoms. The molecule has 1 aromatic carbocycles. The lowest BCUT2D eigenvalue weighted by molar-refractivity contribution is -0.00680. The SMILES string of the molecule is CCCNCC(OCCOCCOC)c1ccc(Br)cc1. The van der Waals surface area contributed by atoms with E-state index >= 15 is 0 Å². The van der Waals surface area contributed by atoms with Crippen molar-refractivity contribution >= 4 is 15.9 Å². The molecule has 0 amide bonds. The molecule has 0 saturated carbocycles. The fraction of sp³-hybridized carbons (Fsp3) is 0.625. The van der Waals surface area contributed by atoms with Crippen LogP contribution < -0.4 is 5.32 Å². The van der Waals surface area contributed by atoms with Crippen molar-refractivity contribution in [3.63, 3.8) is 0 Å². The summed E-state index contributed by atoms with van der Waals surface area (Å²) >= 11 is 3.46. The van der Waals surface area contributed by atoms with E-state index in [1.807, 2.05) is 12.1 Å². The summed E-state index contributed by atoms with van der Waals surface area (Å²) in [6.45, 7) is 6.37. The molecule has 1 N–H and O–H groups in total. The van der Waals surface area contributed by atoms with Gasteiger partial charge in [-0.25, -0.2) is 0 Å². The van der Waals surface area contributed by atoms with E-state index in [2.05, 4.69) is 40.3 Å². The third-order valence-corrected chi connectivity index (χ3v) is 3.51. The first kappa shape index (κ1) is 18.6. The highest BCUT2D eigenvalue weighted by Gasteiger charge is 2.11. The summed E-state index contributed by atoms with van der Waals surface area (Å²) < 4.78 is 17.4. The fourth-order valence-electron chi connectivity index (χ4n) is 1.85. The van der Waals surface area contributed by atoms with Crippen LogP contribution in [0.5, 0.6) is 0 Å². The van der Waals surface area contributed by atoms with Crippen LogP contribution >= 0.6 is 15.9 Å². The van der Waals surface area contributed by atoms with Crippen LogP contribution in [0, 0.1) is 0 Å². The van der Waals surface area contributed by atoms with Gasteiger partial charge in [-0.05, 0) is 30.7 Å². The lowest BCUT2D eigenvalue weighted by atomic mass is 10.1. The summed E-state index contributed by atoms with van der Waals surface area (Å²) in [5.41, 5.74) is 1.18. The highest BCUT2D eigenvalue weighted by molar-refractivity contribution is 9.10. The van der Waals surface area contributed by atoms with Crippen LogP contribution in [0.3, 0.4) is 0 Å². The maximum Gasteiger partial charge on any atom is 0.0950 e. The number of ether oxygens (including phenoxy) is 3. The summed E-state index contributed by atoms with van der Waals surface area (Å²) in [7, 11) is 1.67. The maximum atomic E-state index is 5.95. The van der Waals surface area contributed by atoms with Crippen molar-refractivity contribution in [2.45, 2.75) is 19.4 Å². The standard InChI is InChI=1S/C16H26BrNO3/c1-3-8-18-13-16(14-4-6-15(17)7-5-14)21-12-11-20-10-9-19-2/h4-7,16,18H,3,8-13H2,1-2H3. The minimum Gasteiger partial charge on any atom is -0.382 e. The molecule has 0 saturated heterocycles. The molecule has 0 spiro atoms.